The molecule has 0 heterocycles. The molecule has 0 aliphatic rings. The molecule has 4 nitrogen and oxygen atoms in total. The van der Waals surface area contributed by atoms with Gasteiger partial charge in [-0.15, -0.1) is 0 Å². The molecule has 2 amide bonds. The van der Waals surface area contributed by atoms with Crippen molar-refractivity contribution in [3.63, 3.8) is 0 Å². The molecule has 2 N–H and O–H groups in total. The lowest BCUT2D eigenvalue weighted by molar-refractivity contribution is -0.120. The predicted octanol–water partition coefficient (Wildman–Crippen LogP) is 1.81. The molecule has 0 aromatic heterocycles. The van der Waals surface area contributed by atoms with Crippen LogP contribution in [-0.2, 0) is 4.79 Å². The summed E-state index contributed by atoms with van der Waals surface area (Å²) in [6.07, 6.45) is 0. The summed E-state index contributed by atoms with van der Waals surface area (Å²) in [6.45, 7) is 2.35. The molecule has 1 aromatic rings. The van der Waals surface area contributed by atoms with Crippen LogP contribution in [0.2, 0.25) is 5.02 Å². The van der Waals surface area contributed by atoms with Crippen LogP contribution in [0, 0.1) is 3.57 Å². The first-order valence-corrected chi connectivity index (χ1v) is 6.50. The largest absolute Gasteiger partial charge is 0.355 e. The van der Waals surface area contributed by atoms with Crippen LogP contribution in [0.15, 0.2) is 18.2 Å². The van der Waals surface area contributed by atoms with Crippen LogP contribution in [-0.4, -0.2) is 24.9 Å². The number of rotatable bonds is 4. The maximum atomic E-state index is 11.7. The van der Waals surface area contributed by atoms with E-state index >= 15 is 0 Å². The Kier molecular flexibility index (Phi) is 5.70. The maximum absolute atomic E-state index is 11.7. The van der Waals surface area contributed by atoms with Gasteiger partial charge in [0.2, 0.25) is 5.91 Å². The zero-order valence-corrected chi connectivity index (χ0v) is 12.1. The number of carbonyl (C=O) groups is 2. The van der Waals surface area contributed by atoms with Gasteiger partial charge in [-0.25, -0.2) is 0 Å². The molecular formula is C11H12ClIN2O2. The van der Waals surface area contributed by atoms with Gasteiger partial charge in [-0.1, -0.05) is 11.6 Å². The van der Waals surface area contributed by atoms with Gasteiger partial charge in [0.25, 0.3) is 5.91 Å². The molecule has 6 heteroatoms. The first-order valence-electron chi connectivity index (χ1n) is 5.04. The molecule has 0 saturated heterocycles. The van der Waals surface area contributed by atoms with Crippen LogP contribution >= 0.6 is 34.2 Å². The molecular weight excluding hydrogens is 354 g/mol. The van der Waals surface area contributed by atoms with E-state index in [9.17, 15) is 9.59 Å². The molecule has 0 atom stereocenters. The minimum Gasteiger partial charge on any atom is -0.355 e. The highest BCUT2D eigenvalue weighted by Gasteiger charge is 2.08. The Morgan fingerprint density at radius 1 is 1.35 bits per heavy atom. The standard InChI is InChI=1S/C11H12ClIN2O2/c1-2-14-10(16)6-15-11(17)7-3-4-8(12)9(13)5-7/h3-5H,2,6H2,1H3,(H,14,16)(H,15,17). The fraction of sp³-hybridized carbons (Fsp3) is 0.273. The van der Waals surface area contributed by atoms with E-state index in [1.165, 1.54) is 0 Å². The van der Waals surface area contributed by atoms with Crippen molar-refractivity contribution in [3.05, 3.63) is 32.4 Å². The summed E-state index contributed by atoms with van der Waals surface area (Å²) in [7, 11) is 0. The summed E-state index contributed by atoms with van der Waals surface area (Å²) < 4.78 is 0.801. The summed E-state index contributed by atoms with van der Waals surface area (Å²) in [6, 6.07) is 4.96. The third-order valence-electron chi connectivity index (χ3n) is 1.97. The topological polar surface area (TPSA) is 58.2 Å². The first kappa shape index (κ1) is 14.2. The van der Waals surface area contributed by atoms with Crippen LogP contribution in [0.1, 0.15) is 17.3 Å². The van der Waals surface area contributed by atoms with E-state index in [-0.39, 0.29) is 18.4 Å². The molecule has 0 fully saturated rings. The second kappa shape index (κ2) is 6.80. The lowest BCUT2D eigenvalue weighted by atomic mass is 10.2. The van der Waals surface area contributed by atoms with E-state index < -0.39 is 0 Å². The predicted molar refractivity (Wildman–Crippen MR) is 75.2 cm³/mol. The van der Waals surface area contributed by atoms with Gasteiger partial charge in [-0.3, -0.25) is 9.59 Å². The number of hydrogen-bond acceptors (Lipinski definition) is 2. The molecule has 0 saturated carbocycles. The van der Waals surface area contributed by atoms with E-state index in [2.05, 4.69) is 10.6 Å². The minimum atomic E-state index is -0.286. The highest BCUT2D eigenvalue weighted by molar-refractivity contribution is 14.1. The fourth-order valence-corrected chi connectivity index (χ4v) is 1.79. The number of likely N-dealkylation sites (N-methyl/N-ethyl adjacent to an activating group) is 1. The lowest BCUT2D eigenvalue weighted by Crippen LogP contribution is -2.36. The Bertz CT molecular complexity index is 437. The van der Waals surface area contributed by atoms with Gasteiger partial charge in [0.15, 0.2) is 0 Å². The smallest absolute Gasteiger partial charge is 0.251 e. The van der Waals surface area contributed by atoms with Crippen molar-refractivity contribution in [2.75, 3.05) is 13.1 Å². The SMILES string of the molecule is CCNC(=O)CNC(=O)c1ccc(Cl)c(I)c1. The molecule has 92 valence electrons. The molecule has 0 aliphatic heterocycles. The van der Waals surface area contributed by atoms with E-state index in [0.717, 1.165) is 3.57 Å². The van der Waals surface area contributed by atoms with Crippen molar-refractivity contribution >= 4 is 46.0 Å². The first-order chi connectivity index (χ1) is 8.04. The van der Waals surface area contributed by atoms with E-state index in [1.807, 2.05) is 29.5 Å². The Hall–Kier alpha value is -0.820. The van der Waals surface area contributed by atoms with Gasteiger partial charge in [-0.05, 0) is 47.7 Å². The zero-order chi connectivity index (χ0) is 12.8. The van der Waals surface area contributed by atoms with Gasteiger partial charge in [0.05, 0.1) is 11.6 Å². The Morgan fingerprint density at radius 3 is 2.65 bits per heavy atom. The lowest BCUT2D eigenvalue weighted by Gasteiger charge is -2.06. The van der Waals surface area contributed by atoms with Crippen molar-refractivity contribution in [1.82, 2.24) is 10.6 Å². The van der Waals surface area contributed by atoms with Crippen molar-refractivity contribution in [2.24, 2.45) is 0 Å². The fourth-order valence-electron chi connectivity index (χ4n) is 1.16. The van der Waals surface area contributed by atoms with Crippen LogP contribution in [0.3, 0.4) is 0 Å². The molecule has 0 radical (unpaired) electrons. The van der Waals surface area contributed by atoms with E-state index in [0.29, 0.717) is 17.1 Å². The Labute approximate surface area is 118 Å². The normalized spacial score (nSPS) is 9.82. The number of nitrogens with one attached hydrogen (secondary N) is 2. The molecule has 0 aliphatic carbocycles. The average molecular weight is 367 g/mol. The minimum absolute atomic E-state index is 0.0219. The average Bonchev–Trinajstić information content (AvgIpc) is 2.30. The van der Waals surface area contributed by atoms with Crippen LogP contribution in [0.5, 0.6) is 0 Å². The number of hydrogen-bond donors (Lipinski definition) is 2. The number of carbonyl (C=O) groups excluding carboxylic acids is 2. The Balaban J connectivity index is 2.58. The maximum Gasteiger partial charge on any atom is 0.251 e. The van der Waals surface area contributed by atoms with Gasteiger partial charge < -0.3 is 10.6 Å². The van der Waals surface area contributed by atoms with Crippen LogP contribution in [0.25, 0.3) is 0 Å². The quantitative estimate of drug-likeness (QED) is 0.799. The molecule has 1 aromatic carbocycles. The number of amides is 2. The Morgan fingerprint density at radius 2 is 2.06 bits per heavy atom. The summed E-state index contributed by atoms with van der Waals surface area (Å²) >= 11 is 7.90. The number of halogens is 2. The van der Waals surface area contributed by atoms with Crippen LogP contribution < -0.4 is 10.6 Å². The molecule has 0 unspecified atom stereocenters. The monoisotopic (exact) mass is 366 g/mol. The molecule has 0 bridgehead atoms. The summed E-state index contributed by atoms with van der Waals surface area (Å²) in [5.74, 6) is -0.490. The van der Waals surface area contributed by atoms with Crippen LogP contribution in [0.4, 0.5) is 0 Å². The number of benzene rings is 1. The van der Waals surface area contributed by atoms with Crippen molar-refractivity contribution in [1.29, 1.82) is 0 Å². The van der Waals surface area contributed by atoms with Gasteiger partial charge in [0, 0.05) is 15.7 Å². The molecule has 1 rings (SSSR count). The summed E-state index contributed by atoms with van der Waals surface area (Å²) in [4.78, 5) is 22.8. The van der Waals surface area contributed by atoms with Crippen molar-refractivity contribution in [3.8, 4) is 0 Å². The highest BCUT2D eigenvalue weighted by Crippen LogP contribution is 2.19. The summed E-state index contributed by atoms with van der Waals surface area (Å²) in [5, 5.41) is 5.73. The molecule has 0 spiro atoms. The van der Waals surface area contributed by atoms with Crippen molar-refractivity contribution in [2.45, 2.75) is 6.92 Å². The third-order valence-corrected chi connectivity index (χ3v) is 3.51. The summed E-state index contributed by atoms with van der Waals surface area (Å²) in [5.41, 5.74) is 0.489. The van der Waals surface area contributed by atoms with E-state index in [1.54, 1.807) is 18.2 Å². The zero-order valence-electron chi connectivity index (χ0n) is 9.22. The van der Waals surface area contributed by atoms with Gasteiger partial charge >= 0.3 is 0 Å². The van der Waals surface area contributed by atoms with Gasteiger partial charge in [-0.2, -0.15) is 0 Å². The second-order valence-corrected chi connectivity index (χ2v) is 4.83. The van der Waals surface area contributed by atoms with E-state index in [4.69, 9.17) is 11.6 Å². The molecule has 17 heavy (non-hydrogen) atoms. The second-order valence-electron chi connectivity index (χ2n) is 3.27. The van der Waals surface area contributed by atoms with Gasteiger partial charge in [0.1, 0.15) is 0 Å². The third kappa shape index (κ3) is 4.51. The highest BCUT2D eigenvalue weighted by atomic mass is 127. The van der Waals surface area contributed by atoms with Crippen molar-refractivity contribution < 1.29 is 9.59 Å².